The highest BCUT2D eigenvalue weighted by atomic mass is 15.0. The molecule has 0 spiro atoms. The minimum Gasteiger partial charge on any atom is -0.349 e. The Morgan fingerprint density at radius 3 is 2.33 bits per heavy atom. The van der Waals surface area contributed by atoms with Crippen molar-refractivity contribution in [2.75, 3.05) is 6.54 Å². The summed E-state index contributed by atoms with van der Waals surface area (Å²) in [5.41, 5.74) is 3.78. The lowest BCUT2D eigenvalue weighted by Crippen LogP contribution is -2.37. The molecule has 3 rings (SSSR count). The molecule has 1 heterocycles. The van der Waals surface area contributed by atoms with Gasteiger partial charge in [-0.05, 0) is 43.5 Å². The number of H-pyrrole nitrogens is 1. The standard InChI is InChI=1S/C21H25N3/c1-21(2,24-14-6-9-20-22-15-16-23-20)19-12-10-18(11-13-19)17-7-4-3-5-8-17/h3-5,7-8,10-13,15-16,24H,6,9,14H2,1-2H3,(H,22,23). The highest BCUT2D eigenvalue weighted by molar-refractivity contribution is 5.63. The molecular formula is C21H25N3. The summed E-state index contributed by atoms with van der Waals surface area (Å²) in [6.45, 7) is 5.43. The summed E-state index contributed by atoms with van der Waals surface area (Å²) in [6, 6.07) is 19.4. The van der Waals surface area contributed by atoms with Gasteiger partial charge in [0.2, 0.25) is 0 Å². The summed E-state index contributed by atoms with van der Waals surface area (Å²) in [5, 5.41) is 3.66. The van der Waals surface area contributed by atoms with E-state index in [0.29, 0.717) is 0 Å². The molecule has 0 saturated heterocycles. The third-order valence-electron chi connectivity index (χ3n) is 4.43. The predicted octanol–water partition coefficient (Wildman–Crippen LogP) is 4.53. The van der Waals surface area contributed by atoms with Gasteiger partial charge < -0.3 is 10.3 Å². The van der Waals surface area contributed by atoms with Crippen LogP contribution in [0.15, 0.2) is 67.0 Å². The van der Waals surface area contributed by atoms with Gasteiger partial charge in [-0.1, -0.05) is 54.6 Å². The molecule has 0 amide bonds. The fraction of sp³-hybridized carbons (Fsp3) is 0.286. The molecule has 2 aromatic carbocycles. The maximum Gasteiger partial charge on any atom is 0.106 e. The van der Waals surface area contributed by atoms with E-state index in [0.717, 1.165) is 25.2 Å². The molecule has 0 radical (unpaired) electrons. The molecule has 3 heteroatoms. The van der Waals surface area contributed by atoms with Crippen molar-refractivity contribution in [3.63, 3.8) is 0 Å². The second kappa shape index (κ2) is 7.45. The van der Waals surface area contributed by atoms with E-state index in [9.17, 15) is 0 Å². The monoisotopic (exact) mass is 319 g/mol. The van der Waals surface area contributed by atoms with Gasteiger partial charge in [0.25, 0.3) is 0 Å². The Morgan fingerprint density at radius 2 is 1.67 bits per heavy atom. The SMILES string of the molecule is CC(C)(NCCCc1ncc[nH]1)c1ccc(-c2ccccc2)cc1. The van der Waals surface area contributed by atoms with Gasteiger partial charge in [0.1, 0.15) is 5.82 Å². The molecule has 0 fully saturated rings. The molecular weight excluding hydrogens is 294 g/mol. The number of aromatic nitrogens is 2. The fourth-order valence-corrected chi connectivity index (χ4v) is 2.90. The zero-order chi connectivity index (χ0) is 16.8. The largest absolute Gasteiger partial charge is 0.349 e. The Hall–Kier alpha value is -2.39. The maximum absolute atomic E-state index is 4.26. The number of imidazole rings is 1. The van der Waals surface area contributed by atoms with Crippen LogP contribution in [0.25, 0.3) is 11.1 Å². The second-order valence-electron chi connectivity index (χ2n) is 6.63. The van der Waals surface area contributed by atoms with E-state index in [4.69, 9.17) is 0 Å². The highest BCUT2D eigenvalue weighted by Gasteiger charge is 2.19. The van der Waals surface area contributed by atoms with Crippen molar-refractivity contribution in [1.29, 1.82) is 0 Å². The minimum absolute atomic E-state index is 0.0433. The zero-order valence-electron chi connectivity index (χ0n) is 14.4. The lowest BCUT2D eigenvalue weighted by molar-refractivity contribution is 0.399. The van der Waals surface area contributed by atoms with Crippen LogP contribution in [-0.4, -0.2) is 16.5 Å². The first-order valence-electron chi connectivity index (χ1n) is 8.54. The van der Waals surface area contributed by atoms with Gasteiger partial charge in [0.05, 0.1) is 0 Å². The van der Waals surface area contributed by atoms with E-state index in [1.165, 1.54) is 16.7 Å². The normalized spacial score (nSPS) is 11.6. The van der Waals surface area contributed by atoms with Gasteiger partial charge in [-0.15, -0.1) is 0 Å². The first kappa shape index (κ1) is 16.5. The number of benzene rings is 2. The predicted molar refractivity (Wildman–Crippen MR) is 99.8 cm³/mol. The first-order valence-corrected chi connectivity index (χ1v) is 8.54. The van der Waals surface area contributed by atoms with E-state index in [-0.39, 0.29) is 5.54 Å². The topological polar surface area (TPSA) is 40.7 Å². The van der Waals surface area contributed by atoms with Crippen LogP contribution in [0.2, 0.25) is 0 Å². The van der Waals surface area contributed by atoms with Gasteiger partial charge in [0, 0.05) is 24.4 Å². The molecule has 0 aliphatic carbocycles. The molecule has 0 aliphatic heterocycles. The summed E-state index contributed by atoms with van der Waals surface area (Å²) in [4.78, 5) is 7.41. The van der Waals surface area contributed by atoms with Gasteiger partial charge in [-0.25, -0.2) is 4.98 Å². The van der Waals surface area contributed by atoms with Crippen LogP contribution in [0.1, 0.15) is 31.7 Å². The molecule has 124 valence electrons. The number of nitrogens with one attached hydrogen (secondary N) is 2. The lowest BCUT2D eigenvalue weighted by Gasteiger charge is -2.27. The molecule has 0 bridgehead atoms. The van der Waals surface area contributed by atoms with Crippen LogP contribution in [-0.2, 0) is 12.0 Å². The Labute approximate surface area is 144 Å². The van der Waals surface area contributed by atoms with Crippen molar-refractivity contribution in [3.05, 3.63) is 78.4 Å². The molecule has 1 aromatic heterocycles. The minimum atomic E-state index is -0.0433. The number of hydrogen-bond acceptors (Lipinski definition) is 2. The summed E-state index contributed by atoms with van der Waals surface area (Å²) >= 11 is 0. The van der Waals surface area contributed by atoms with Gasteiger partial charge in [-0.2, -0.15) is 0 Å². The van der Waals surface area contributed by atoms with Crippen LogP contribution < -0.4 is 5.32 Å². The van der Waals surface area contributed by atoms with E-state index >= 15 is 0 Å². The van der Waals surface area contributed by atoms with E-state index in [1.807, 2.05) is 12.3 Å². The average molecular weight is 319 g/mol. The molecule has 24 heavy (non-hydrogen) atoms. The Kier molecular flexibility index (Phi) is 5.11. The molecule has 3 aromatic rings. The third kappa shape index (κ3) is 4.12. The molecule has 3 nitrogen and oxygen atoms in total. The van der Waals surface area contributed by atoms with Crippen LogP contribution in [0, 0.1) is 0 Å². The van der Waals surface area contributed by atoms with Crippen LogP contribution in [0.5, 0.6) is 0 Å². The van der Waals surface area contributed by atoms with Gasteiger partial charge >= 0.3 is 0 Å². The highest BCUT2D eigenvalue weighted by Crippen LogP contribution is 2.24. The molecule has 0 saturated carbocycles. The smallest absolute Gasteiger partial charge is 0.106 e. The van der Waals surface area contributed by atoms with Crippen molar-refractivity contribution in [3.8, 4) is 11.1 Å². The summed E-state index contributed by atoms with van der Waals surface area (Å²) in [6.07, 6.45) is 5.73. The number of rotatable bonds is 7. The number of hydrogen-bond donors (Lipinski definition) is 2. The number of aryl methyl sites for hydroxylation is 1. The Balaban J connectivity index is 1.57. The summed E-state index contributed by atoms with van der Waals surface area (Å²) in [5.74, 6) is 1.06. The fourth-order valence-electron chi connectivity index (χ4n) is 2.90. The van der Waals surface area contributed by atoms with Crippen LogP contribution >= 0.6 is 0 Å². The average Bonchev–Trinajstić information content (AvgIpc) is 3.13. The second-order valence-corrected chi connectivity index (χ2v) is 6.63. The van der Waals surface area contributed by atoms with E-state index in [2.05, 4.69) is 77.7 Å². The molecule has 0 aliphatic rings. The quantitative estimate of drug-likeness (QED) is 0.628. The van der Waals surface area contributed by atoms with Gasteiger partial charge in [0.15, 0.2) is 0 Å². The van der Waals surface area contributed by atoms with Crippen molar-refractivity contribution >= 4 is 0 Å². The van der Waals surface area contributed by atoms with E-state index < -0.39 is 0 Å². The van der Waals surface area contributed by atoms with Crippen molar-refractivity contribution in [2.24, 2.45) is 0 Å². The molecule has 0 unspecified atom stereocenters. The number of aromatic amines is 1. The van der Waals surface area contributed by atoms with Crippen LogP contribution in [0.4, 0.5) is 0 Å². The maximum atomic E-state index is 4.26. The number of nitrogens with zero attached hydrogens (tertiary/aromatic N) is 1. The van der Waals surface area contributed by atoms with Gasteiger partial charge in [-0.3, -0.25) is 0 Å². The van der Waals surface area contributed by atoms with E-state index in [1.54, 1.807) is 6.20 Å². The third-order valence-corrected chi connectivity index (χ3v) is 4.43. The van der Waals surface area contributed by atoms with Crippen molar-refractivity contribution in [1.82, 2.24) is 15.3 Å². The zero-order valence-corrected chi connectivity index (χ0v) is 14.4. The first-order chi connectivity index (χ1) is 11.6. The van der Waals surface area contributed by atoms with Crippen molar-refractivity contribution in [2.45, 2.75) is 32.2 Å². The lowest BCUT2D eigenvalue weighted by atomic mass is 9.92. The Bertz CT molecular complexity index is 729. The van der Waals surface area contributed by atoms with Crippen molar-refractivity contribution < 1.29 is 0 Å². The summed E-state index contributed by atoms with van der Waals surface area (Å²) in [7, 11) is 0. The molecule has 2 N–H and O–H groups in total. The summed E-state index contributed by atoms with van der Waals surface area (Å²) < 4.78 is 0. The molecule has 0 atom stereocenters. The Morgan fingerprint density at radius 1 is 0.958 bits per heavy atom. The van der Waals surface area contributed by atoms with Crippen LogP contribution in [0.3, 0.4) is 0 Å².